The minimum Gasteiger partial charge on any atom is -0.444 e. The smallest absolute Gasteiger partial charge is 0.410 e. The number of ether oxygens (including phenoxy) is 1. The van der Waals surface area contributed by atoms with Crippen LogP contribution in [0.3, 0.4) is 0 Å². The normalized spacial score (nSPS) is 15.4. The molecule has 3 rings (SSSR count). The zero-order valence-corrected chi connectivity index (χ0v) is 17.8. The van der Waals surface area contributed by atoms with Crippen molar-refractivity contribution in [1.29, 1.82) is 0 Å². The number of nitrogens with one attached hydrogen (secondary N) is 1. The SMILES string of the molecule is CC(C)(C)OC(=O)N1CCN(CCNC(=O)c2cc(Cl)nc3ccccc23)CC1. The monoisotopic (exact) mass is 418 g/mol. The van der Waals surface area contributed by atoms with Gasteiger partial charge in [0.2, 0.25) is 0 Å². The second kappa shape index (κ2) is 8.97. The standard InChI is InChI=1S/C21H27ClN4O3/c1-21(2,3)29-20(28)26-12-10-25(11-13-26)9-8-23-19(27)16-14-18(22)24-17-7-5-4-6-15(16)17/h4-7,14H,8-13H2,1-3H3,(H,23,27). The summed E-state index contributed by atoms with van der Waals surface area (Å²) >= 11 is 6.06. The van der Waals surface area contributed by atoms with E-state index < -0.39 is 5.60 Å². The third kappa shape index (κ3) is 5.81. The lowest BCUT2D eigenvalue weighted by molar-refractivity contribution is 0.0147. The van der Waals surface area contributed by atoms with Gasteiger partial charge in [-0.3, -0.25) is 9.69 Å². The molecule has 0 aliphatic carbocycles. The molecular formula is C21H27ClN4O3. The van der Waals surface area contributed by atoms with Crippen LogP contribution in [0.15, 0.2) is 30.3 Å². The van der Waals surface area contributed by atoms with Crippen molar-refractivity contribution < 1.29 is 14.3 Å². The summed E-state index contributed by atoms with van der Waals surface area (Å²) in [5.41, 5.74) is 0.734. The molecule has 2 amide bonds. The third-order valence-electron chi connectivity index (χ3n) is 4.67. The summed E-state index contributed by atoms with van der Waals surface area (Å²) in [6, 6.07) is 9.04. The predicted molar refractivity (Wildman–Crippen MR) is 113 cm³/mol. The number of aromatic nitrogens is 1. The number of hydrogen-bond donors (Lipinski definition) is 1. The summed E-state index contributed by atoms with van der Waals surface area (Å²) in [4.78, 5) is 33.0. The molecule has 2 heterocycles. The Kier molecular flexibility index (Phi) is 6.59. The molecule has 8 heteroatoms. The Morgan fingerprint density at radius 3 is 2.55 bits per heavy atom. The summed E-state index contributed by atoms with van der Waals surface area (Å²) in [7, 11) is 0. The minimum atomic E-state index is -0.488. The first-order valence-electron chi connectivity index (χ1n) is 9.77. The molecule has 1 saturated heterocycles. The molecule has 1 aromatic heterocycles. The number of nitrogens with zero attached hydrogens (tertiary/aromatic N) is 3. The zero-order valence-electron chi connectivity index (χ0n) is 17.1. The molecule has 0 saturated carbocycles. The second-order valence-electron chi connectivity index (χ2n) is 8.07. The van der Waals surface area contributed by atoms with Gasteiger partial charge >= 0.3 is 6.09 Å². The van der Waals surface area contributed by atoms with E-state index in [4.69, 9.17) is 16.3 Å². The quantitative estimate of drug-likeness (QED) is 0.772. The van der Waals surface area contributed by atoms with Gasteiger partial charge in [0.25, 0.3) is 5.91 Å². The number of hydrogen-bond acceptors (Lipinski definition) is 5. The van der Waals surface area contributed by atoms with Crippen molar-refractivity contribution in [3.63, 3.8) is 0 Å². The van der Waals surface area contributed by atoms with Crippen molar-refractivity contribution in [1.82, 2.24) is 20.1 Å². The molecule has 0 bridgehead atoms. The molecule has 0 unspecified atom stereocenters. The highest BCUT2D eigenvalue weighted by molar-refractivity contribution is 6.30. The van der Waals surface area contributed by atoms with E-state index in [9.17, 15) is 9.59 Å². The van der Waals surface area contributed by atoms with Crippen LogP contribution in [0.1, 0.15) is 31.1 Å². The van der Waals surface area contributed by atoms with Gasteiger partial charge in [0.1, 0.15) is 10.8 Å². The number of fused-ring (bicyclic) bond motifs is 1. The molecule has 1 fully saturated rings. The molecule has 1 aliphatic rings. The number of rotatable bonds is 4. The molecule has 2 aromatic rings. The van der Waals surface area contributed by atoms with E-state index in [0.717, 1.165) is 18.5 Å². The zero-order chi connectivity index (χ0) is 21.0. The molecule has 1 aromatic carbocycles. The van der Waals surface area contributed by atoms with Crippen LogP contribution in [0.4, 0.5) is 4.79 Å². The summed E-state index contributed by atoms with van der Waals surface area (Å²) < 4.78 is 5.41. The maximum absolute atomic E-state index is 12.6. The van der Waals surface area contributed by atoms with Gasteiger partial charge in [0.15, 0.2) is 0 Å². The maximum atomic E-state index is 12.6. The van der Waals surface area contributed by atoms with E-state index in [1.807, 2.05) is 45.0 Å². The van der Waals surface area contributed by atoms with E-state index in [-0.39, 0.29) is 12.0 Å². The van der Waals surface area contributed by atoms with Gasteiger partial charge < -0.3 is 15.0 Å². The van der Waals surface area contributed by atoms with Crippen molar-refractivity contribution in [2.24, 2.45) is 0 Å². The number of carbonyl (C=O) groups is 2. The Morgan fingerprint density at radius 1 is 1.17 bits per heavy atom. The van der Waals surface area contributed by atoms with Crippen LogP contribution in [0.5, 0.6) is 0 Å². The van der Waals surface area contributed by atoms with Gasteiger partial charge in [-0.1, -0.05) is 29.8 Å². The van der Waals surface area contributed by atoms with Gasteiger partial charge in [-0.15, -0.1) is 0 Å². The van der Waals surface area contributed by atoms with Crippen molar-refractivity contribution in [3.05, 3.63) is 41.0 Å². The fraction of sp³-hybridized carbons (Fsp3) is 0.476. The van der Waals surface area contributed by atoms with Crippen LogP contribution >= 0.6 is 11.6 Å². The van der Waals surface area contributed by atoms with Crippen LogP contribution in [-0.2, 0) is 4.74 Å². The molecule has 29 heavy (non-hydrogen) atoms. The van der Waals surface area contributed by atoms with Crippen LogP contribution in [0.2, 0.25) is 5.15 Å². The Bertz CT molecular complexity index is 889. The van der Waals surface area contributed by atoms with Gasteiger partial charge in [-0.05, 0) is 32.9 Å². The van der Waals surface area contributed by atoms with Gasteiger partial charge in [0, 0.05) is 44.7 Å². The highest BCUT2D eigenvalue weighted by atomic mass is 35.5. The first-order valence-corrected chi connectivity index (χ1v) is 10.1. The van der Waals surface area contributed by atoms with Crippen LogP contribution in [0, 0.1) is 0 Å². The van der Waals surface area contributed by atoms with Crippen molar-refractivity contribution in [2.75, 3.05) is 39.3 Å². The van der Waals surface area contributed by atoms with Gasteiger partial charge in [0.05, 0.1) is 11.1 Å². The van der Waals surface area contributed by atoms with E-state index in [2.05, 4.69) is 15.2 Å². The van der Waals surface area contributed by atoms with Crippen molar-refractivity contribution >= 4 is 34.5 Å². The maximum Gasteiger partial charge on any atom is 0.410 e. The summed E-state index contributed by atoms with van der Waals surface area (Å²) in [6.07, 6.45) is -0.271. The first-order chi connectivity index (χ1) is 13.7. The van der Waals surface area contributed by atoms with Gasteiger partial charge in [-0.25, -0.2) is 9.78 Å². The lowest BCUT2D eigenvalue weighted by atomic mass is 10.1. The van der Waals surface area contributed by atoms with E-state index in [0.29, 0.717) is 42.4 Å². The number of halogens is 1. The Hall–Kier alpha value is -2.38. The molecule has 1 aliphatic heterocycles. The molecule has 0 spiro atoms. The largest absolute Gasteiger partial charge is 0.444 e. The van der Waals surface area contributed by atoms with Crippen LogP contribution in [0.25, 0.3) is 10.9 Å². The van der Waals surface area contributed by atoms with E-state index in [1.54, 1.807) is 11.0 Å². The highest BCUT2D eigenvalue weighted by Gasteiger charge is 2.25. The molecule has 156 valence electrons. The second-order valence-corrected chi connectivity index (χ2v) is 8.46. The number of benzene rings is 1. The Morgan fingerprint density at radius 2 is 1.86 bits per heavy atom. The topological polar surface area (TPSA) is 74.8 Å². The van der Waals surface area contributed by atoms with Crippen molar-refractivity contribution in [2.45, 2.75) is 26.4 Å². The van der Waals surface area contributed by atoms with E-state index >= 15 is 0 Å². The predicted octanol–water partition coefficient (Wildman–Crippen LogP) is 3.17. The van der Waals surface area contributed by atoms with Crippen LogP contribution < -0.4 is 5.32 Å². The minimum absolute atomic E-state index is 0.169. The number of para-hydroxylation sites is 1. The molecular weight excluding hydrogens is 392 g/mol. The number of carbonyl (C=O) groups excluding carboxylic acids is 2. The molecule has 0 atom stereocenters. The highest BCUT2D eigenvalue weighted by Crippen LogP contribution is 2.20. The Labute approximate surface area is 176 Å². The van der Waals surface area contributed by atoms with Crippen molar-refractivity contribution in [3.8, 4) is 0 Å². The fourth-order valence-corrected chi connectivity index (χ4v) is 3.43. The molecule has 0 radical (unpaired) electrons. The number of amides is 2. The van der Waals surface area contributed by atoms with E-state index in [1.165, 1.54) is 0 Å². The number of piperazine rings is 1. The lowest BCUT2D eigenvalue weighted by Gasteiger charge is -2.35. The summed E-state index contributed by atoms with van der Waals surface area (Å²) in [5.74, 6) is -0.169. The third-order valence-corrected chi connectivity index (χ3v) is 4.86. The average Bonchev–Trinajstić information content (AvgIpc) is 2.66. The Balaban J connectivity index is 1.48. The van der Waals surface area contributed by atoms with Crippen LogP contribution in [-0.4, -0.2) is 71.7 Å². The summed E-state index contributed by atoms with van der Waals surface area (Å²) in [6.45, 7) is 9.55. The molecule has 1 N–H and O–H groups in total. The first kappa shape index (κ1) is 21.3. The number of pyridine rings is 1. The molecule has 7 nitrogen and oxygen atoms in total. The fourth-order valence-electron chi connectivity index (χ4n) is 3.23. The summed E-state index contributed by atoms with van der Waals surface area (Å²) in [5, 5.41) is 4.03. The average molecular weight is 419 g/mol. The lowest BCUT2D eigenvalue weighted by Crippen LogP contribution is -2.51. The van der Waals surface area contributed by atoms with Gasteiger partial charge in [-0.2, -0.15) is 0 Å².